The van der Waals surface area contributed by atoms with Crippen LogP contribution < -0.4 is 5.32 Å². The third kappa shape index (κ3) is 3.44. The van der Waals surface area contributed by atoms with E-state index in [-0.39, 0.29) is 11.2 Å². The van der Waals surface area contributed by atoms with Crippen molar-refractivity contribution in [2.24, 2.45) is 0 Å². The number of ether oxygens (including phenoxy) is 1. The van der Waals surface area contributed by atoms with Crippen LogP contribution in [0, 0.1) is 0 Å². The molecule has 0 saturated carbocycles. The van der Waals surface area contributed by atoms with Gasteiger partial charge in [-0.05, 0) is 48.6 Å². The van der Waals surface area contributed by atoms with E-state index in [1.165, 1.54) is 0 Å². The van der Waals surface area contributed by atoms with Gasteiger partial charge in [0.05, 0.1) is 11.2 Å². The van der Waals surface area contributed by atoms with Crippen molar-refractivity contribution in [1.82, 2.24) is 10.2 Å². The first-order valence-corrected chi connectivity index (χ1v) is 6.28. The van der Waals surface area contributed by atoms with Crippen molar-refractivity contribution in [2.75, 3.05) is 20.1 Å². The molecule has 0 aliphatic carbocycles. The third-order valence-corrected chi connectivity index (χ3v) is 3.48. The quantitative estimate of drug-likeness (QED) is 0.798. The van der Waals surface area contributed by atoms with Crippen molar-refractivity contribution in [1.29, 1.82) is 0 Å². The summed E-state index contributed by atoms with van der Waals surface area (Å²) >= 11 is 0. The van der Waals surface area contributed by atoms with Gasteiger partial charge in [0.25, 0.3) is 0 Å². The molecule has 96 valence electrons. The van der Waals surface area contributed by atoms with Crippen molar-refractivity contribution in [3.05, 3.63) is 0 Å². The van der Waals surface area contributed by atoms with Gasteiger partial charge in [0.1, 0.15) is 0 Å². The Kier molecular flexibility index (Phi) is 4.04. The molecule has 0 amide bonds. The van der Waals surface area contributed by atoms with E-state index in [1.807, 2.05) is 7.05 Å². The zero-order chi connectivity index (χ0) is 12.6. The highest BCUT2D eigenvalue weighted by Crippen LogP contribution is 2.29. The SMILES string of the molecule is CNC(C)C(C)N1CC(C)(C)OC(C)(C)C1. The molecule has 0 aromatic carbocycles. The Morgan fingerprint density at radius 2 is 1.50 bits per heavy atom. The van der Waals surface area contributed by atoms with Crippen LogP contribution in [0.15, 0.2) is 0 Å². The van der Waals surface area contributed by atoms with Crippen LogP contribution in [0.1, 0.15) is 41.5 Å². The number of nitrogens with one attached hydrogen (secondary N) is 1. The summed E-state index contributed by atoms with van der Waals surface area (Å²) in [4.78, 5) is 2.53. The molecule has 1 fully saturated rings. The van der Waals surface area contributed by atoms with Crippen molar-refractivity contribution in [2.45, 2.75) is 64.8 Å². The summed E-state index contributed by atoms with van der Waals surface area (Å²) in [6.45, 7) is 15.2. The lowest BCUT2D eigenvalue weighted by Crippen LogP contribution is -2.61. The second-order valence-electron chi connectivity index (χ2n) is 6.34. The maximum absolute atomic E-state index is 6.09. The highest BCUT2D eigenvalue weighted by atomic mass is 16.5. The minimum absolute atomic E-state index is 0.0521. The fraction of sp³-hybridized carbons (Fsp3) is 1.00. The molecular weight excluding hydrogens is 200 g/mol. The largest absolute Gasteiger partial charge is 0.367 e. The van der Waals surface area contributed by atoms with E-state index in [2.05, 4.69) is 51.8 Å². The molecule has 0 aromatic rings. The summed E-state index contributed by atoms with van der Waals surface area (Å²) < 4.78 is 6.09. The summed E-state index contributed by atoms with van der Waals surface area (Å²) in [6.07, 6.45) is 0. The minimum Gasteiger partial charge on any atom is -0.367 e. The first kappa shape index (κ1) is 13.9. The molecule has 3 nitrogen and oxygen atoms in total. The summed E-state index contributed by atoms with van der Waals surface area (Å²) in [7, 11) is 2.03. The van der Waals surface area contributed by atoms with Crippen molar-refractivity contribution in [3.8, 4) is 0 Å². The van der Waals surface area contributed by atoms with Crippen molar-refractivity contribution < 1.29 is 4.74 Å². The maximum Gasteiger partial charge on any atom is 0.0760 e. The number of hydrogen-bond acceptors (Lipinski definition) is 3. The Morgan fingerprint density at radius 1 is 1.06 bits per heavy atom. The summed E-state index contributed by atoms with van der Waals surface area (Å²) in [6, 6.07) is 1.04. The van der Waals surface area contributed by atoms with Gasteiger partial charge in [-0.3, -0.25) is 4.90 Å². The molecule has 2 unspecified atom stereocenters. The van der Waals surface area contributed by atoms with Gasteiger partial charge in [-0.25, -0.2) is 0 Å². The lowest BCUT2D eigenvalue weighted by Gasteiger charge is -2.50. The molecule has 1 rings (SSSR count). The molecule has 1 N–H and O–H groups in total. The molecule has 3 heteroatoms. The third-order valence-electron chi connectivity index (χ3n) is 3.48. The molecular formula is C13H28N2O. The predicted octanol–water partition coefficient (Wildman–Crippen LogP) is 1.87. The van der Waals surface area contributed by atoms with Gasteiger partial charge in [0.15, 0.2) is 0 Å². The zero-order valence-electron chi connectivity index (χ0n) is 11.9. The van der Waals surface area contributed by atoms with E-state index in [4.69, 9.17) is 4.74 Å². The Morgan fingerprint density at radius 3 is 1.88 bits per heavy atom. The van der Waals surface area contributed by atoms with E-state index in [0.717, 1.165) is 13.1 Å². The van der Waals surface area contributed by atoms with E-state index in [1.54, 1.807) is 0 Å². The van der Waals surface area contributed by atoms with Crippen LogP contribution in [0.2, 0.25) is 0 Å². The Bertz CT molecular complexity index is 222. The average molecular weight is 228 g/mol. The van der Waals surface area contributed by atoms with Crippen molar-refractivity contribution >= 4 is 0 Å². The topological polar surface area (TPSA) is 24.5 Å². The first-order valence-electron chi connectivity index (χ1n) is 6.28. The van der Waals surface area contributed by atoms with Gasteiger partial charge >= 0.3 is 0 Å². The first-order chi connectivity index (χ1) is 7.17. The van der Waals surface area contributed by atoms with E-state index in [9.17, 15) is 0 Å². The molecule has 1 aliphatic rings. The maximum atomic E-state index is 6.09. The van der Waals surface area contributed by atoms with Crippen LogP contribution in [0.3, 0.4) is 0 Å². The molecule has 0 bridgehead atoms. The van der Waals surface area contributed by atoms with Crippen molar-refractivity contribution in [3.63, 3.8) is 0 Å². The normalized spacial score (nSPS) is 28.7. The number of morpholine rings is 1. The number of likely N-dealkylation sites (N-methyl/N-ethyl adjacent to an activating group) is 1. The molecule has 1 heterocycles. The smallest absolute Gasteiger partial charge is 0.0760 e. The summed E-state index contributed by atoms with van der Waals surface area (Å²) in [5, 5.41) is 3.33. The molecule has 0 aromatic heterocycles. The number of nitrogens with zero attached hydrogens (tertiary/aromatic N) is 1. The van der Waals surface area contributed by atoms with Gasteiger partial charge in [-0.2, -0.15) is 0 Å². The second-order valence-corrected chi connectivity index (χ2v) is 6.34. The van der Waals surface area contributed by atoms with E-state index >= 15 is 0 Å². The fourth-order valence-corrected chi connectivity index (χ4v) is 2.69. The van der Waals surface area contributed by atoms with E-state index < -0.39 is 0 Å². The monoisotopic (exact) mass is 228 g/mol. The van der Waals surface area contributed by atoms with Crippen LogP contribution in [0.25, 0.3) is 0 Å². The predicted molar refractivity (Wildman–Crippen MR) is 68.8 cm³/mol. The van der Waals surface area contributed by atoms with Gasteiger partial charge in [-0.1, -0.05) is 0 Å². The summed E-state index contributed by atoms with van der Waals surface area (Å²) in [5.74, 6) is 0. The minimum atomic E-state index is -0.0521. The lowest BCUT2D eigenvalue weighted by atomic mass is 9.96. The van der Waals surface area contributed by atoms with Crippen LogP contribution in [-0.4, -0.2) is 48.3 Å². The number of hydrogen-bond donors (Lipinski definition) is 1. The molecule has 16 heavy (non-hydrogen) atoms. The zero-order valence-corrected chi connectivity index (χ0v) is 11.9. The molecule has 1 saturated heterocycles. The van der Waals surface area contributed by atoms with Gasteiger partial charge in [0, 0.05) is 25.2 Å². The molecule has 2 atom stereocenters. The van der Waals surface area contributed by atoms with Crippen LogP contribution in [0.5, 0.6) is 0 Å². The molecule has 1 aliphatic heterocycles. The Labute approximate surface area is 101 Å². The van der Waals surface area contributed by atoms with Crippen LogP contribution in [-0.2, 0) is 4.74 Å². The Balaban J connectivity index is 2.74. The summed E-state index contributed by atoms with van der Waals surface area (Å²) in [5.41, 5.74) is -0.104. The van der Waals surface area contributed by atoms with Gasteiger partial charge in [-0.15, -0.1) is 0 Å². The Hall–Kier alpha value is -0.120. The van der Waals surface area contributed by atoms with Crippen LogP contribution in [0.4, 0.5) is 0 Å². The molecule has 0 radical (unpaired) electrons. The fourth-order valence-electron chi connectivity index (χ4n) is 2.69. The lowest BCUT2D eigenvalue weighted by molar-refractivity contribution is -0.188. The van der Waals surface area contributed by atoms with E-state index in [0.29, 0.717) is 12.1 Å². The highest BCUT2D eigenvalue weighted by Gasteiger charge is 2.40. The molecule has 0 spiro atoms. The van der Waals surface area contributed by atoms with Gasteiger partial charge in [0.2, 0.25) is 0 Å². The highest BCUT2D eigenvalue weighted by molar-refractivity contribution is 4.92. The van der Waals surface area contributed by atoms with Crippen LogP contribution >= 0.6 is 0 Å². The number of rotatable bonds is 3. The average Bonchev–Trinajstić information content (AvgIpc) is 2.10. The van der Waals surface area contributed by atoms with Gasteiger partial charge < -0.3 is 10.1 Å². The second kappa shape index (κ2) is 4.63. The standard InChI is InChI=1S/C13H28N2O/c1-10(14-7)11(2)15-8-12(3,4)16-13(5,6)9-15/h10-11,14H,8-9H2,1-7H3.